The zero-order chi connectivity index (χ0) is 46.2. The van der Waals surface area contributed by atoms with Crippen molar-refractivity contribution in [3.05, 3.63) is 255 Å². The minimum atomic E-state index is -3.28. The summed E-state index contributed by atoms with van der Waals surface area (Å²) in [6, 6.07) is 92.1. The minimum Gasteiger partial charge on any atom is -0.309 e. The van der Waals surface area contributed by atoms with Gasteiger partial charge in [-0.3, -0.25) is 9.13 Å². The number of hydrogen-bond acceptors (Lipinski definition) is 3. The van der Waals surface area contributed by atoms with Gasteiger partial charge in [0.15, 0.2) is 13.9 Å². The van der Waals surface area contributed by atoms with E-state index in [1.807, 2.05) is 0 Å². The van der Waals surface area contributed by atoms with E-state index in [1.165, 1.54) is 31.5 Å². The Bertz CT molecular complexity index is 3920. The molecule has 7 heteroatoms. The summed E-state index contributed by atoms with van der Waals surface area (Å²) in [6.45, 7) is 0. The highest BCUT2D eigenvalue weighted by Gasteiger charge is 2.44. The molecule has 0 aliphatic carbocycles. The topological polar surface area (TPSA) is 53.5 Å². The van der Waals surface area contributed by atoms with Crippen molar-refractivity contribution in [1.82, 2.24) is 28.7 Å². The monoisotopic (exact) mass is 910 g/mol. The molecule has 0 saturated carbocycles. The van der Waals surface area contributed by atoms with Gasteiger partial charge in [-0.15, -0.1) is 0 Å². The van der Waals surface area contributed by atoms with Gasteiger partial charge in [-0.1, -0.05) is 212 Å². The summed E-state index contributed by atoms with van der Waals surface area (Å²) in [5, 5.41) is 11.8. The van der Waals surface area contributed by atoms with E-state index in [2.05, 4.69) is 268 Å². The van der Waals surface area contributed by atoms with E-state index in [1.54, 1.807) is 0 Å². The van der Waals surface area contributed by atoms with Gasteiger partial charge < -0.3 is 4.57 Å². The molecule has 4 heterocycles. The van der Waals surface area contributed by atoms with Crippen molar-refractivity contribution in [2.24, 2.45) is 0 Å². The molecule has 0 aliphatic heterocycles. The van der Waals surface area contributed by atoms with Crippen LogP contribution in [-0.2, 0) is 0 Å². The number of nitrogens with zero attached hydrogens (tertiary/aromatic N) is 6. The first-order chi connectivity index (χ1) is 34.8. The molecule has 4 aromatic heterocycles. The summed E-state index contributed by atoms with van der Waals surface area (Å²) in [5.41, 5.74) is 8.22. The lowest BCUT2D eigenvalue weighted by atomic mass is 10.1. The second-order valence-electron chi connectivity index (χ2n) is 17.9. The summed E-state index contributed by atoms with van der Waals surface area (Å²) in [4.78, 5) is 17.3. The maximum absolute atomic E-state index is 5.84. The van der Waals surface area contributed by atoms with Crippen LogP contribution in [0.25, 0.3) is 94.4 Å². The maximum Gasteiger partial charge on any atom is 0.240 e. The Labute approximate surface area is 404 Å². The van der Waals surface area contributed by atoms with Crippen LogP contribution in [0.5, 0.6) is 0 Å². The molecule has 6 nitrogen and oxygen atoms in total. The molecular weight excluding hydrogens is 869 g/mol. The average molecular weight is 911 g/mol. The van der Waals surface area contributed by atoms with E-state index in [4.69, 9.17) is 15.0 Å². The fourth-order valence-corrected chi connectivity index (χ4v) is 16.4. The minimum absolute atomic E-state index is 0.536. The third-order valence-electron chi connectivity index (χ3n) is 14.3. The van der Waals surface area contributed by atoms with Gasteiger partial charge in [-0.05, 0) is 63.2 Å². The van der Waals surface area contributed by atoms with Crippen molar-refractivity contribution in [1.29, 1.82) is 0 Å². The van der Waals surface area contributed by atoms with E-state index in [-0.39, 0.29) is 0 Å². The first-order valence-corrected chi connectivity index (χ1v) is 25.8. The molecule has 328 valence electrons. The van der Waals surface area contributed by atoms with Gasteiger partial charge in [0.25, 0.3) is 0 Å². The van der Waals surface area contributed by atoms with Gasteiger partial charge in [0, 0.05) is 37.9 Å². The number of para-hydroxylation sites is 6. The van der Waals surface area contributed by atoms with Gasteiger partial charge in [0.2, 0.25) is 11.9 Å². The van der Waals surface area contributed by atoms with E-state index >= 15 is 0 Å². The molecular formula is C63H42N6Si. The molecule has 0 fully saturated rings. The Morgan fingerprint density at radius 1 is 0.257 bits per heavy atom. The summed E-state index contributed by atoms with van der Waals surface area (Å²) >= 11 is 0. The number of hydrogen-bond donors (Lipinski definition) is 0. The third-order valence-corrected chi connectivity index (χ3v) is 19.1. The van der Waals surface area contributed by atoms with Crippen LogP contribution in [0.2, 0.25) is 0 Å². The lowest BCUT2D eigenvalue weighted by Gasteiger charge is -2.36. The second-order valence-corrected chi connectivity index (χ2v) is 21.7. The van der Waals surface area contributed by atoms with Crippen LogP contribution < -0.4 is 20.7 Å². The third kappa shape index (κ3) is 5.89. The number of aromatic nitrogens is 6. The Morgan fingerprint density at radius 3 is 0.900 bits per heavy atom. The van der Waals surface area contributed by atoms with Crippen molar-refractivity contribution in [2.75, 3.05) is 0 Å². The second kappa shape index (κ2) is 16.0. The normalized spacial score (nSPS) is 12.0. The fourth-order valence-electron chi connectivity index (χ4n) is 11.4. The molecule has 0 bridgehead atoms. The Kier molecular flexibility index (Phi) is 9.12. The first kappa shape index (κ1) is 39.9. The SMILES string of the molecule is c1ccc([Si](c2ccccc2)(c2ccccc2)c2cccc(-n3c4ccccc4c4ccccc43)c2-c2nc(-n3c4ccccc4c4ccccc43)nc(-n3c4ccccc4c4ccccc43)n2)cc1. The molecule has 0 aliphatic rings. The standard InChI is InChI=1S/C63H42N6Si/c1-4-23-43(24-5-1)70(44-25-6-2-7-26-44,45-27-8-3-9-28-45)59-42-22-41-58(67-52-35-16-10-29-46(52)47-30-11-17-36-53(47)67)60(59)61-64-62(68-54-37-18-12-31-48(54)49-32-13-19-38-55(49)68)66-63(65-61)69-56-39-20-14-33-50(56)51-34-15-21-40-57(51)69/h1-42H. The molecule has 14 rings (SSSR count). The van der Waals surface area contributed by atoms with Gasteiger partial charge in [0.05, 0.1) is 38.8 Å². The molecule has 10 aromatic carbocycles. The van der Waals surface area contributed by atoms with Gasteiger partial charge in [-0.2, -0.15) is 15.0 Å². The summed E-state index contributed by atoms with van der Waals surface area (Å²) < 4.78 is 6.90. The zero-order valence-electron chi connectivity index (χ0n) is 37.9. The molecule has 0 amide bonds. The molecule has 0 spiro atoms. The highest BCUT2D eigenvalue weighted by Crippen LogP contribution is 2.38. The molecule has 14 aromatic rings. The highest BCUT2D eigenvalue weighted by molar-refractivity contribution is 7.20. The summed E-state index contributed by atoms with van der Waals surface area (Å²) in [6.07, 6.45) is 0. The van der Waals surface area contributed by atoms with Crippen LogP contribution in [0.15, 0.2) is 255 Å². The van der Waals surface area contributed by atoms with Crippen molar-refractivity contribution >= 4 is 94.2 Å². The fraction of sp³-hybridized carbons (Fsp3) is 0. The lowest BCUT2D eigenvalue weighted by Crippen LogP contribution is -2.75. The summed E-state index contributed by atoms with van der Waals surface area (Å²) in [7, 11) is -3.28. The summed E-state index contributed by atoms with van der Waals surface area (Å²) in [5.74, 6) is 1.65. The molecule has 0 N–H and O–H groups in total. The average Bonchev–Trinajstić information content (AvgIpc) is 4.08. The van der Waals surface area contributed by atoms with Crippen LogP contribution >= 0.6 is 0 Å². The molecule has 0 saturated heterocycles. The Morgan fingerprint density at radius 2 is 0.557 bits per heavy atom. The number of benzene rings is 10. The van der Waals surface area contributed by atoms with Crippen LogP contribution in [0.4, 0.5) is 0 Å². The van der Waals surface area contributed by atoms with Crippen molar-refractivity contribution < 1.29 is 0 Å². The molecule has 0 atom stereocenters. The largest absolute Gasteiger partial charge is 0.309 e. The van der Waals surface area contributed by atoms with Gasteiger partial charge in [-0.25, -0.2) is 0 Å². The quantitative estimate of drug-likeness (QED) is 0.113. The number of rotatable bonds is 8. The molecule has 0 unspecified atom stereocenters. The molecule has 0 radical (unpaired) electrons. The predicted octanol–water partition coefficient (Wildman–Crippen LogP) is 12.2. The van der Waals surface area contributed by atoms with Gasteiger partial charge >= 0.3 is 0 Å². The maximum atomic E-state index is 5.84. The Balaban J connectivity index is 1.21. The lowest BCUT2D eigenvalue weighted by molar-refractivity contribution is 0.892. The van der Waals surface area contributed by atoms with Crippen molar-refractivity contribution in [3.63, 3.8) is 0 Å². The Hall–Kier alpha value is -9.17. The predicted molar refractivity (Wildman–Crippen MR) is 292 cm³/mol. The van der Waals surface area contributed by atoms with Crippen molar-refractivity contribution in [3.8, 4) is 29.0 Å². The van der Waals surface area contributed by atoms with E-state index in [0.717, 1.165) is 65.9 Å². The van der Waals surface area contributed by atoms with E-state index in [0.29, 0.717) is 17.7 Å². The van der Waals surface area contributed by atoms with Gasteiger partial charge in [0.1, 0.15) is 0 Å². The van der Waals surface area contributed by atoms with E-state index in [9.17, 15) is 0 Å². The highest BCUT2D eigenvalue weighted by atomic mass is 28.3. The zero-order valence-corrected chi connectivity index (χ0v) is 38.9. The van der Waals surface area contributed by atoms with Crippen LogP contribution in [0.1, 0.15) is 0 Å². The smallest absolute Gasteiger partial charge is 0.240 e. The van der Waals surface area contributed by atoms with Crippen LogP contribution in [-0.4, -0.2) is 36.7 Å². The van der Waals surface area contributed by atoms with Crippen molar-refractivity contribution in [2.45, 2.75) is 0 Å². The van der Waals surface area contributed by atoms with Crippen LogP contribution in [0.3, 0.4) is 0 Å². The van der Waals surface area contributed by atoms with E-state index < -0.39 is 8.07 Å². The molecule has 70 heavy (non-hydrogen) atoms. The number of fused-ring (bicyclic) bond motifs is 9. The van der Waals surface area contributed by atoms with Crippen LogP contribution in [0, 0.1) is 0 Å². The first-order valence-electron chi connectivity index (χ1n) is 23.8.